The minimum atomic E-state index is -0.297. The van der Waals surface area contributed by atoms with Crippen LogP contribution in [0.2, 0.25) is 0 Å². The Morgan fingerprint density at radius 3 is 2.81 bits per heavy atom. The van der Waals surface area contributed by atoms with E-state index in [1.54, 1.807) is 12.1 Å². The first-order chi connectivity index (χ1) is 7.60. The number of halogens is 1. The Morgan fingerprint density at radius 2 is 2.25 bits per heavy atom. The lowest BCUT2D eigenvalue weighted by Gasteiger charge is -2.15. The zero-order valence-electron chi connectivity index (χ0n) is 9.00. The van der Waals surface area contributed by atoms with Crippen molar-refractivity contribution in [2.24, 2.45) is 11.1 Å². The summed E-state index contributed by atoms with van der Waals surface area (Å²) in [6.07, 6.45) is 2.63. The number of amidine groups is 1. The van der Waals surface area contributed by atoms with Crippen molar-refractivity contribution in [1.29, 1.82) is 5.41 Å². The highest BCUT2D eigenvalue weighted by molar-refractivity contribution is 5.78. The normalized spacial score (nSPS) is 16.8. The van der Waals surface area contributed by atoms with Crippen LogP contribution in [0.1, 0.15) is 19.3 Å². The molecule has 1 aliphatic rings. The Balaban J connectivity index is 1.90. The van der Waals surface area contributed by atoms with E-state index in [1.165, 1.54) is 12.1 Å². The van der Waals surface area contributed by atoms with Crippen molar-refractivity contribution in [2.45, 2.75) is 19.3 Å². The molecule has 16 heavy (non-hydrogen) atoms. The second-order valence-electron chi connectivity index (χ2n) is 4.45. The number of nitrogens with one attached hydrogen (secondary N) is 1. The van der Waals surface area contributed by atoms with Crippen LogP contribution >= 0.6 is 0 Å². The number of benzene rings is 1. The zero-order chi connectivity index (χ0) is 11.6. The smallest absolute Gasteiger partial charge is 0.126 e. The molecule has 0 atom stereocenters. The molecule has 0 aliphatic heterocycles. The van der Waals surface area contributed by atoms with Gasteiger partial charge in [-0.2, -0.15) is 0 Å². The highest BCUT2D eigenvalue weighted by Gasteiger charge is 2.43. The lowest BCUT2D eigenvalue weighted by Crippen LogP contribution is -2.21. The van der Waals surface area contributed by atoms with Crippen molar-refractivity contribution in [2.75, 3.05) is 6.61 Å². The third-order valence-corrected chi connectivity index (χ3v) is 2.86. The first-order valence-electron chi connectivity index (χ1n) is 5.31. The van der Waals surface area contributed by atoms with Crippen LogP contribution in [0.5, 0.6) is 5.75 Å². The molecule has 0 unspecified atom stereocenters. The summed E-state index contributed by atoms with van der Waals surface area (Å²) < 4.78 is 18.4. The van der Waals surface area contributed by atoms with Gasteiger partial charge < -0.3 is 10.5 Å². The van der Waals surface area contributed by atoms with Gasteiger partial charge in [0.05, 0.1) is 12.4 Å². The topological polar surface area (TPSA) is 59.1 Å². The molecule has 0 aromatic heterocycles. The van der Waals surface area contributed by atoms with Gasteiger partial charge in [-0.3, -0.25) is 5.41 Å². The molecule has 0 saturated heterocycles. The highest BCUT2D eigenvalue weighted by Crippen LogP contribution is 2.48. The first-order valence-corrected chi connectivity index (χ1v) is 5.31. The van der Waals surface area contributed by atoms with E-state index in [1.807, 2.05) is 0 Å². The number of nitrogens with two attached hydrogens (primary N) is 1. The Kier molecular flexibility index (Phi) is 2.81. The molecule has 1 aromatic carbocycles. The van der Waals surface area contributed by atoms with Crippen molar-refractivity contribution in [3.8, 4) is 5.75 Å². The van der Waals surface area contributed by atoms with Crippen molar-refractivity contribution < 1.29 is 9.13 Å². The van der Waals surface area contributed by atoms with Crippen LogP contribution in [0, 0.1) is 16.6 Å². The van der Waals surface area contributed by atoms with E-state index in [-0.39, 0.29) is 17.1 Å². The second kappa shape index (κ2) is 4.12. The van der Waals surface area contributed by atoms with Gasteiger partial charge >= 0.3 is 0 Å². The van der Waals surface area contributed by atoms with Crippen molar-refractivity contribution in [1.82, 2.24) is 0 Å². The van der Waals surface area contributed by atoms with E-state index in [0.29, 0.717) is 18.8 Å². The van der Waals surface area contributed by atoms with E-state index in [2.05, 4.69) is 0 Å². The summed E-state index contributed by atoms with van der Waals surface area (Å²) in [5, 5.41) is 7.27. The van der Waals surface area contributed by atoms with Crippen LogP contribution in [0.4, 0.5) is 4.39 Å². The first kappa shape index (κ1) is 10.9. The SMILES string of the molecule is N=C(N)CC1(COc2cccc(F)c2)CC1. The molecule has 2 rings (SSSR count). The molecule has 1 fully saturated rings. The minimum Gasteiger partial charge on any atom is -0.493 e. The molecule has 3 nitrogen and oxygen atoms in total. The van der Waals surface area contributed by atoms with Crippen molar-refractivity contribution in [3.05, 3.63) is 30.1 Å². The standard InChI is InChI=1S/C12H15FN2O/c13-9-2-1-3-10(6-9)16-8-12(4-5-12)7-11(14)15/h1-3,6H,4-5,7-8H2,(H3,14,15). The molecule has 0 heterocycles. The fourth-order valence-electron chi connectivity index (χ4n) is 1.75. The van der Waals surface area contributed by atoms with Crippen molar-refractivity contribution >= 4 is 5.84 Å². The third-order valence-electron chi connectivity index (χ3n) is 2.86. The van der Waals surface area contributed by atoms with Gasteiger partial charge in [-0.25, -0.2) is 4.39 Å². The summed E-state index contributed by atoms with van der Waals surface area (Å²) in [4.78, 5) is 0. The number of rotatable bonds is 5. The van der Waals surface area contributed by atoms with E-state index >= 15 is 0 Å². The van der Waals surface area contributed by atoms with Crippen LogP contribution in [-0.4, -0.2) is 12.4 Å². The Morgan fingerprint density at radius 1 is 1.50 bits per heavy atom. The molecule has 3 N–H and O–H groups in total. The molecular formula is C12H15FN2O. The maximum atomic E-state index is 12.9. The fraction of sp³-hybridized carbons (Fsp3) is 0.417. The van der Waals surface area contributed by atoms with Gasteiger partial charge in [-0.1, -0.05) is 6.07 Å². The van der Waals surface area contributed by atoms with Gasteiger partial charge in [0.2, 0.25) is 0 Å². The van der Waals surface area contributed by atoms with E-state index in [0.717, 1.165) is 12.8 Å². The Bertz CT molecular complexity index is 402. The molecular weight excluding hydrogens is 207 g/mol. The second-order valence-corrected chi connectivity index (χ2v) is 4.45. The molecule has 1 aliphatic carbocycles. The van der Waals surface area contributed by atoms with Crippen LogP contribution in [0.25, 0.3) is 0 Å². The third kappa shape index (κ3) is 2.72. The largest absolute Gasteiger partial charge is 0.493 e. The summed E-state index contributed by atoms with van der Waals surface area (Å²) in [5.41, 5.74) is 5.41. The van der Waals surface area contributed by atoms with E-state index in [4.69, 9.17) is 15.9 Å². The van der Waals surface area contributed by atoms with Gasteiger partial charge in [0.25, 0.3) is 0 Å². The van der Waals surface area contributed by atoms with Gasteiger partial charge in [-0.15, -0.1) is 0 Å². The maximum absolute atomic E-state index is 12.9. The quantitative estimate of drug-likeness (QED) is 0.593. The average molecular weight is 222 g/mol. The zero-order valence-corrected chi connectivity index (χ0v) is 9.00. The molecule has 0 amide bonds. The van der Waals surface area contributed by atoms with Crippen LogP contribution < -0.4 is 10.5 Å². The van der Waals surface area contributed by atoms with E-state index in [9.17, 15) is 4.39 Å². The van der Waals surface area contributed by atoms with E-state index < -0.39 is 0 Å². The number of ether oxygens (including phenoxy) is 1. The predicted molar refractivity (Wildman–Crippen MR) is 60.1 cm³/mol. The minimum absolute atomic E-state index is 0.0259. The van der Waals surface area contributed by atoms with Crippen LogP contribution in [0.15, 0.2) is 24.3 Å². The number of hydrogen-bond donors (Lipinski definition) is 2. The fourth-order valence-corrected chi connectivity index (χ4v) is 1.75. The Labute approximate surface area is 93.9 Å². The molecule has 1 aromatic rings. The molecule has 0 radical (unpaired) electrons. The van der Waals surface area contributed by atoms with Gasteiger partial charge in [-0.05, 0) is 25.0 Å². The van der Waals surface area contributed by atoms with Crippen molar-refractivity contribution in [3.63, 3.8) is 0 Å². The summed E-state index contributed by atoms with van der Waals surface area (Å²) >= 11 is 0. The summed E-state index contributed by atoms with van der Waals surface area (Å²) in [6, 6.07) is 6.10. The summed E-state index contributed by atoms with van der Waals surface area (Å²) in [7, 11) is 0. The summed E-state index contributed by atoms with van der Waals surface area (Å²) in [5.74, 6) is 0.434. The maximum Gasteiger partial charge on any atom is 0.126 e. The molecule has 0 bridgehead atoms. The summed E-state index contributed by atoms with van der Waals surface area (Å²) in [6.45, 7) is 0.510. The lowest BCUT2D eigenvalue weighted by atomic mass is 10.0. The Hall–Kier alpha value is -1.58. The molecule has 0 spiro atoms. The van der Waals surface area contributed by atoms with Gasteiger partial charge in [0.1, 0.15) is 11.6 Å². The molecule has 86 valence electrons. The van der Waals surface area contributed by atoms with Crippen LogP contribution in [0.3, 0.4) is 0 Å². The number of hydrogen-bond acceptors (Lipinski definition) is 2. The predicted octanol–water partition coefficient (Wildman–Crippen LogP) is 2.31. The molecule has 1 saturated carbocycles. The highest BCUT2D eigenvalue weighted by atomic mass is 19.1. The molecule has 4 heteroatoms. The van der Waals surface area contributed by atoms with Gasteiger partial charge in [0, 0.05) is 17.9 Å². The lowest BCUT2D eigenvalue weighted by molar-refractivity contribution is 0.237. The average Bonchev–Trinajstić information content (AvgIpc) is 2.95. The van der Waals surface area contributed by atoms with Gasteiger partial charge in [0.15, 0.2) is 0 Å². The monoisotopic (exact) mass is 222 g/mol. The van der Waals surface area contributed by atoms with Crippen LogP contribution in [-0.2, 0) is 0 Å².